The summed E-state index contributed by atoms with van der Waals surface area (Å²) in [5.41, 5.74) is 0.951. The number of ketones is 1. The van der Waals surface area contributed by atoms with Gasteiger partial charge in [-0.2, -0.15) is 0 Å². The normalized spacial score (nSPS) is 16.9. The molecule has 1 atom stereocenters. The molecular weight excluding hydrogens is 360 g/mol. The van der Waals surface area contributed by atoms with Crippen molar-refractivity contribution in [3.63, 3.8) is 0 Å². The van der Waals surface area contributed by atoms with Crippen LogP contribution in [0.4, 0.5) is 5.69 Å². The topological polar surface area (TPSA) is 75.7 Å². The number of nitrogens with zero attached hydrogens (tertiary/aromatic N) is 1. The maximum atomic E-state index is 12.2. The van der Waals surface area contributed by atoms with Gasteiger partial charge in [0.2, 0.25) is 11.8 Å². The molecule has 1 aromatic rings. The highest BCUT2D eigenvalue weighted by Gasteiger charge is 2.33. The predicted octanol–water partition coefficient (Wildman–Crippen LogP) is 2.87. The second-order valence-corrected chi connectivity index (χ2v) is 7.61. The molecule has 6 nitrogen and oxygen atoms in total. The Morgan fingerprint density at radius 2 is 2.12 bits per heavy atom. The number of carbonyl (C=O) groups excluding carboxylic acids is 3. The molecule has 1 unspecified atom stereocenters. The van der Waals surface area contributed by atoms with Gasteiger partial charge in [0.05, 0.1) is 18.0 Å². The fourth-order valence-corrected chi connectivity index (χ4v) is 3.86. The van der Waals surface area contributed by atoms with Crippen LogP contribution in [0.5, 0.6) is 5.75 Å². The van der Waals surface area contributed by atoms with Crippen LogP contribution in [-0.4, -0.2) is 45.7 Å². The summed E-state index contributed by atoms with van der Waals surface area (Å²) in [4.78, 5) is 37.1. The van der Waals surface area contributed by atoms with Gasteiger partial charge < -0.3 is 10.1 Å². The summed E-state index contributed by atoms with van der Waals surface area (Å²) in [5.74, 6) is 0.175. The molecule has 134 valence electrons. The van der Waals surface area contributed by atoms with E-state index in [-0.39, 0.29) is 29.3 Å². The molecule has 1 fully saturated rings. The lowest BCUT2D eigenvalue weighted by Crippen LogP contribution is -2.32. The summed E-state index contributed by atoms with van der Waals surface area (Å²) in [5, 5.41) is 2.60. The van der Waals surface area contributed by atoms with Crippen LogP contribution in [0.25, 0.3) is 0 Å². The van der Waals surface area contributed by atoms with E-state index < -0.39 is 0 Å². The van der Waals surface area contributed by atoms with Crippen molar-refractivity contribution in [3.05, 3.63) is 23.8 Å². The molecule has 8 heteroatoms. The zero-order chi connectivity index (χ0) is 18.6. The van der Waals surface area contributed by atoms with Crippen LogP contribution in [-0.2, 0) is 9.59 Å². The number of thiocarbonyl (C=S) groups is 1. The van der Waals surface area contributed by atoms with Crippen LogP contribution in [0.15, 0.2) is 18.2 Å². The number of amides is 2. The second-order valence-electron chi connectivity index (χ2n) is 5.64. The molecule has 0 aromatic heterocycles. The van der Waals surface area contributed by atoms with Crippen LogP contribution >= 0.6 is 24.0 Å². The van der Waals surface area contributed by atoms with Gasteiger partial charge in [0, 0.05) is 18.5 Å². The Morgan fingerprint density at radius 3 is 2.68 bits per heavy atom. The first-order valence-electron chi connectivity index (χ1n) is 7.84. The first kappa shape index (κ1) is 19.4. The molecule has 0 aliphatic carbocycles. The van der Waals surface area contributed by atoms with E-state index in [0.29, 0.717) is 34.3 Å². The molecule has 1 aliphatic heterocycles. The third-order valence-electron chi connectivity index (χ3n) is 3.78. The lowest BCUT2D eigenvalue weighted by molar-refractivity contribution is -0.126. The SMILES string of the molecule is COc1ccc(C(C)=O)cc1NC(=O)CCCN1C(=O)C(C)SC1=S. The van der Waals surface area contributed by atoms with Gasteiger partial charge in [0.25, 0.3) is 0 Å². The molecule has 0 bridgehead atoms. The van der Waals surface area contributed by atoms with Crippen LogP contribution < -0.4 is 10.1 Å². The Hall–Kier alpha value is -1.93. The molecule has 1 N–H and O–H groups in total. The first-order chi connectivity index (χ1) is 11.8. The average molecular weight is 380 g/mol. The number of methoxy groups -OCH3 is 1. The van der Waals surface area contributed by atoms with Crippen molar-refractivity contribution in [1.29, 1.82) is 0 Å². The summed E-state index contributed by atoms with van der Waals surface area (Å²) >= 11 is 6.54. The van der Waals surface area contributed by atoms with Gasteiger partial charge in [-0.05, 0) is 38.5 Å². The molecule has 2 amide bonds. The number of Topliss-reactive ketones (excluding diaryl/α,β-unsaturated/α-hetero) is 1. The Balaban J connectivity index is 1.92. The average Bonchev–Trinajstić information content (AvgIpc) is 2.80. The van der Waals surface area contributed by atoms with Crippen molar-refractivity contribution in [2.24, 2.45) is 0 Å². The number of thioether (sulfide) groups is 1. The van der Waals surface area contributed by atoms with Crippen molar-refractivity contribution >= 4 is 51.6 Å². The van der Waals surface area contributed by atoms with Crippen LogP contribution in [0.1, 0.15) is 37.0 Å². The summed E-state index contributed by atoms with van der Waals surface area (Å²) in [7, 11) is 1.50. The van der Waals surface area contributed by atoms with Crippen molar-refractivity contribution in [2.75, 3.05) is 19.0 Å². The quantitative estimate of drug-likeness (QED) is 0.579. The Labute approximate surface area is 156 Å². The molecule has 25 heavy (non-hydrogen) atoms. The van der Waals surface area contributed by atoms with Crippen LogP contribution in [0.2, 0.25) is 0 Å². The number of benzene rings is 1. The predicted molar refractivity (Wildman–Crippen MR) is 102 cm³/mol. The van der Waals surface area contributed by atoms with Gasteiger partial charge in [-0.25, -0.2) is 0 Å². The zero-order valence-electron chi connectivity index (χ0n) is 14.3. The number of hydrogen-bond donors (Lipinski definition) is 1. The minimum atomic E-state index is -0.211. The highest BCUT2D eigenvalue weighted by Crippen LogP contribution is 2.28. The molecule has 1 aromatic carbocycles. The first-order valence-corrected chi connectivity index (χ1v) is 9.13. The second kappa shape index (κ2) is 8.44. The summed E-state index contributed by atoms with van der Waals surface area (Å²) in [6, 6.07) is 4.89. The van der Waals surface area contributed by atoms with E-state index in [9.17, 15) is 14.4 Å². The minimum absolute atomic E-state index is 0.00811. The number of ether oxygens (including phenoxy) is 1. The standard InChI is InChI=1S/C17H20N2O4S2/c1-10(20)12-6-7-14(23-3)13(9-12)18-15(21)5-4-8-19-16(22)11(2)25-17(19)24/h6-7,9,11H,4-5,8H2,1-3H3,(H,18,21). The van der Waals surface area contributed by atoms with E-state index in [1.165, 1.54) is 25.8 Å². The van der Waals surface area contributed by atoms with Gasteiger partial charge in [0.15, 0.2) is 5.78 Å². The molecule has 0 radical (unpaired) electrons. The van der Waals surface area contributed by atoms with Gasteiger partial charge >= 0.3 is 0 Å². The van der Waals surface area contributed by atoms with Gasteiger partial charge in [0.1, 0.15) is 10.1 Å². The summed E-state index contributed by atoms with van der Waals surface area (Å²) < 4.78 is 5.77. The van der Waals surface area contributed by atoms with Gasteiger partial charge in [-0.15, -0.1) is 0 Å². The van der Waals surface area contributed by atoms with Crippen molar-refractivity contribution in [2.45, 2.75) is 31.9 Å². The smallest absolute Gasteiger partial charge is 0.241 e. The van der Waals surface area contributed by atoms with Crippen LogP contribution in [0.3, 0.4) is 0 Å². The molecule has 0 spiro atoms. The minimum Gasteiger partial charge on any atom is -0.495 e. The lowest BCUT2D eigenvalue weighted by atomic mass is 10.1. The molecule has 2 rings (SSSR count). The molecule has 1 aliphatic rings. The maximum Gasteiger partial charge on any atom is 0.241 e. The number of nitrogens with one attached hydrogen (secondary N) is 1. The Kier molecular flexibility index (Phi) is 6.55. The lowest BCUT2D eigenvalue weighted by Gasteiger charge is -2.15. The van der Waals surface area contributed by atoms with Gasteiger partial charge in [-0.3, -0.25) is 19.3 Å². The Morgan fingerprint density at radius 1 is 1.40 bits per heavy atom. The van der Waals surface area contributed by atoms with E-state index in [4.69, 9.17) is 17.0 Å². The largest absolute Gasteiger partial charge is 0.495 e. The Bertz CT molecular complexity index is 721. The highest BCUT2D eigenvalue weighted by atomic mass is 32.2. The zero-order valence-corrected chi connectivity index (χ0v) is 16.0. The number of rotatable bonds is 7. The van der Waals surface area contributed by atoms with Crippen molar-refractivity contribution in [1.82, 2.24) is 4.90 Å². The summed E-state index contributed by atoms with van der Waals surface area (Å²) in [6.45, 7) is 3.70. The van der Waals surface area contributed by atoms with E-state index in [0.717, 1.165) is 0 Å². The van der Waals surface area contributed by atoms with Crippen molar-refractivity contribution in [3.8, 4) is 5.75 Å². The monoisotopic (exact) mass is 380 g/mol. The van der Waals surface area contributed by atoms with E-state index in [1.807, 2.05) is 6.92 Å². The number of hydrogen-bond acceptors (Lipinski definition) is 6. The van der Waals surface area contributed by atoms with Crippen LogP contribution in [0, 0.1) is 0 Å². The number of carbonyl (C=O) groups is 3. The molecular formula is C17H20N2O4S2. The van der Waals surface area contributed by atoms with Gasteiger partial charge in [-0.1, -0.05) is 24.0 Å². The number of anilines is 1. The van der Waals surface area contributed by atoms with Crippen molar-refractivity contribution < 1.29 is 19.1 Å². The fourth-order valence-electron chi connectivity index (χ4n) is 2.41. The molecule has 1 saturated heterocycles. The highest BCUT2D eigenvalue weighted by molar-refractivity contribution is 8.24. The van der Waals surface area contributed by atoms with E-state index in [2.05, 4.69) is 5.32 Å². The molecule has 0 saturated carbocycles. The fraction of sp³-hybridized carbons (Fsp3) is 0.412. The van der Waals surface area contributed by atoms with E-state index in [1.54, 1.807) is 23.1 Å². The van der Waals surface area contributed by atoms with E-state index >= 15 is 0 Å². The third kappa shape index (κ3) is 4.79. The maximum absolute atomic E-state index is 12.2. The molecule has 1 heterocycles. The summed E-state index contributed by atoms with van der Waals surface area (Å²) in [6.07, 6.45) is 0.735. The third-order valence-corrected chi connectivity index (χ3v) is 5.26.